The lowest BCUT2D eigenvalue weighted by Crippen LogP contribution is -2.36. The fraction of sp³-hybridized carbons (Fsp3) is 0.278. The minimum absolute atomic E-state index is 0.000218. The lowest BCUT2D eigenvalue weighted by Gasteiger charge is -2.16. The van der Waals surface area contributed by atoms with Crippen molar-refractivity contribution >= 4 is 5.91 Å². The van der Waals surface area contributed by atoms with Crippen LogP contribution in [0.15, 0.2) is 45.7 Å². The van der Waals surface area contributed by atoms with Gasteiger partial charge in [0.1, 0.15) is 0 Å². The molecule has 0 atom stereocenters. The second kappa shape index (κ2) is 7.95. The van der Waals surface area contributed by atoms with Crippen LogP contribution in [0.2, 0.25) is 0 Å². The van der Waals surface area contributed by atoms with E-state index in [-0.39, 0.29) is 47.2 Å². The van der Waals surface area contributed by atoms with Gasteiger partial charge in [-0.25, -0.2) is 0 Å². The molecule has 0 saturated carbocycles. The smallest absolute Gasteiger partial charge is 0.255 e. The molecule has 3 rings (SSSR count). The topological polar surface area (TPSA) is 161 Å². The first-order chi connectivity index (χ1) is 14.0. The Bertz CT molecular complexity index is 1030. The molecule has 150 valence electrons. The Morgan fingerprint density at radius 3 is 2.52 bits per heavy atom. The molecule has 0 aromatic heterocycles. The van der Waals surface area contributed by atoms with Gasteiger partial charge in [-0.1, -0.05) is 17.2 Å². The van der Waals surface area contributed by atoms with E-state index in [1.165, 1.54) is 26.4 Å². The highest BCUT2D eigenvalue weighted by atomic mass is 16.5. The summed E-state index contributed by atoms with van der Waals surface area (Å²) in [6.45, 7) is 0.0351. The number of phenolic OH excluding ortho intramolecular Hbond substituents is 2. The number of phenols is 2. The van der Waals surface area contributed by atoms with E-state index in [0.717, 1.165) is 0 Å². The molecule has 1 heterocycles. The summed E-state index contributed by atoms with van der Waals surface area (Å²) < 4.78 is 10.3. The van der Waals surface area contributed by atoms with E-state index < -0.39 is 11.6 Å². The molecule has 0 fully saturated rings. The van der Waals surface area contributed by atoms with Crippen molar-refractivity contribution in [2.45, 2.75) is 5.66 Å². The van der Waals surface area contributed by atoms with Crippen LogP contribution in [0.1, 0.15) is 10.4 Å². The molecule has 0 saturated heterocycles. The number of azide groups is 1. The van der Waals surface area contributed by atoms with Gasteiger partial charge in [-0.3, -0.25) is 4.79 Å². The molecule has 29 heavy (non-hydrogen) atoms. The number of ether oxygens (including phenoxy) is 2. The van der Waals surface area contributed by atoms with Crippen molar-refractivity contribution in [3.05, 3.63) is 46.3 Å². The standard InChI is InChI=1S/C18H18N6O5/c1-28-13-5-3-4-10(14(13)25)11-6-7-12(16(29-2)15(11)26)17(27)20-8-18(22-23-18)9-21-24-19/h3-7,25-26H,8-9H2,1-2H3,(H,20,27). The fourth-order valence-corrected chi connectivity index (χ4v) is 2.80. The van der Waals surface area contributed by atoms with Crippen molar-refractivity contribution < 1.29 is 24.5 Å². The molecule has 2 aromatic carbocycles. The number of amides is 1. The Kier molecular flexibility index (Phi) is 5.42. The number of rotatable bonds is 8. The minimum Gasteiger partial charge on any atom is -0.504 e. The number of methoxy groups -OCH3 is 2. The molecular weight excluding hydrogens is 380 g/mol. The van der Waals surface area contributed by atoms with Gasteiger partial charge >= 0.3 is 0 Å². The summed E-state index contributed by atoms with van der Waals surface area (Å²) in [5.74, 6) is -0.813. The predicted molar refractivity (Wildman–Crippen MR) is 102 cm³/mol. The Hall–Kier alpha value is -3.98. The zero-order valence-electron chi connectivity index (χ0n) is 15.7. The average molecular weight is 398 g/mol. The minimum atomic E-state index is -0.941. The second-order valence-electron chi connectivity index (χ2n) is 6.15. The van der Waals surface area contributed by atoms with Crippen molar-refractivity contribution in [1.82, 2.24) is 5.32 Å². The number of benzene rings is 2. The quantitative estimate of drug-likeness (QED) is 0.353. The zero-order valence-corrected chi connectivity index (χ0v) is 15.7. The van der Waals surface area contributed by atoms with Gasteiger partial charge in [0.15, 0.2) is 23.0 Å². The number of nitrogens with zero attached hydrogens (tertiary/aromatic N) is 5. The molecule has 1 amide bonds. The van der Waals surface area contributed by atoms with Crippen molar-refractivity contribution in [3.8, 4) is 34.1 Å². The number of hydrogen-bond acceptors (Lipinski definition) is 8. The molecule has 11 nitrogen and oxygen atoms in total. The van der Waals surface area contributed by atoms with Gasteiger partial charge in [0.2, 0.25) is 5.66 Å². The fourth-order valence-electron chi connectivity index (χ4n) is 2.80. The monoisotopic (exact) mass is 398 g/mol. The highest BCUT2D eigenvalue weighted by Crippen LogP contribution is 2.45. The first-order valence-corrected chi connectivity index (χ1v) is 8.45. The molecule has 3 N–H and O–H groups in total. The summed E-state index contributed by atoms with van der Waals surface area (Å²) in [6, 6.07) is 7.79. The van der Waals surface area contributed by atoms with E-state index in [1.807, 2.05) is 0 Å². The summed E-state index contributed by atoms with van der Waals surface area (Å²) >= 11 is 0. The van der Waals surface area contributed by atoms with Crippen molar-refractivity contribution in [2.24, 2.45) is 15.3 Å². The summed E-state index contributed by atoms with van der Waals surface area (Å²) in [7, 11) is 2.73. The third kappa shape index (κ3) is 3.85. The number of hydrogen-bond donors (Lipinski definition) is 3. The number of carbonyl (C=O) groups excluding carboxylic acids is 1. The third-order valence-corrected chi connectivity index (χ3v) is 4.39. The highest BCUT2D eigenvalue weighted by molar-refractivity contribution is 5.99. The highest BCUT2D eigenvalue weighted by Gasteiger charge is 2.40. The van der Waals surface area contributed by atoms with Gasteiger partial charge in [0.25, 0.3) is 5.91 Å². The van der Waals surface area contributed by atoms with E-state index in [1.54, 1.807) is 18.2 Å². The van der Waals surface area contributed by atoms with Crippen LogP contribution in [0.25, 0.3) is 21.6 Å². The lowest BCUT2D eigenvalue weighted by atomic mass is 9.99. The summed E-state index contributed by atoms with van der Waals surface area (Å²) in [4.78, 5) is 15.2. The maximum Gasteiger partial charge on any atom is 0.255 e. The SMILES string of the molecule is COc1cccc(-c2ccc(C(=O)NCC3(CN=[N+]=[N-])N=N3)c(OC)c2O)c1O. The number of nitrogens with one attached hydrogen (secondary N) is 1. The molecule has 0 spiro atoms. The molecule has 0 bridgehead atoms. The van der Waals surface area contributed by atoms with E-state index in [0.29, 0.717) is 5.56 Å². The number of para-hydroxylation sites is 1. The van der Waals surface area contributed by atoms with Crippen molar-refractivity contribution in [3.63, 3.8) is 0 Å². The van der Waals surface area contributed by atoms with Crippen LogP contribution in [-0.4, -0.2) is 49.1 Å². The molecule has 0 radical (unpaired) electrons. The number of aromatic hydroxyl groups is 2. The van der Waals surface area contributed by atoms with Gasteiger partial charge in [-0.15, -0.1) is 0 Å². The molecule has 2 aromatic rings. The maximum absolute atomic E-state index is 12.6. The van der Waals surface area contributed by atoms with Crippen molar-refractivity contribution in [2.75, 3.05) is 27.3 Å². The van der Waals surface area contributed by atoms with Crippen LogP contribution in [0.5, 0.6) is 23.0 Å². The Balaban J connectivity index is 1.87. The normalized spacial score (nSPS) is 13.3. The predicted octanol–water partition coefficient (Wildman–Crippen LogP) is 2.98. The second-order valence-corrected chi connectivity index (χ2v) is 6.15. The maximum atomic E-state index is 12.6. The van der Waals surface area contributed by atoms with Crippen LogP contribution in [-0.2, 0) is 0 Å². The molecule has 1 aliphatic heterocycles. The van der Waals surface area contributed by atoms with Gasteiger partial charge in [-0.05, 0) is 23.7 Å². The van der Waals surface area contributed by atoms with E-state index >= 15 is 0 Å². The van der Waals surface area contributed by atoms with Crippen LogP contribution < -0.4 is 14.8 Å². The van der Waals surface area contributed by atoms with E-state index in [2.05, 4.69) is 25.6 Å². The number of carbonyl (C=O) groups is 1. The van der Waals surface area contributed by atoms with Gasteiger partial charge in [0.05, 0.1) is 32.9 Å². The molecular formula is C18H18N6O5. The van der Waals surface area contributed by atoms with Gasteiger partial charge in [-0.2, -0.15) is 10.2 Å². The van der Waals surface area contributed by atoms with Gasteiger partial charge in [0, 0.05) is 16.0 Å². The summed E-state index contributed by atoms with van der Waals surface area (Å²) in [5, 5.41) is 34.7. The van der Waals surface area contributed by atoms with E-state index in [9.17, 15) is 15.0 Å². The molecule has 11 heteroatoms. The van der Waals surface area contributed by atoms with Crippen LogP contribution in [0.4, 0.5) is 0 Å². The molecule has 0 aliphatic carbocycles. The zero-order chi connectivity index (χ0) is 21.0. The Labute approximate surface area is 165 Å². The van der Waals surface area contributed by atoms with Crippen LogP contribution >= 0.6 is 0 Å². The average Bonchev–Trinajstić information content (AvgIpc) is 3.51. The first kappa shape index (κ1) is 19.8. The van der Waals surface area contributed by atoms with Crippen molar-refractivity contribution in [1.29, 1.82) is 0 Å². The molecule has 1 aliphatic rings. The summed E-state index contributed by atoms with van der Waals surface area (Å²) in [5.41, 5.74) is 8.12. The summed E-state index contributed by atoms with van der Waals surface area (Å²) in [6.07, 6.45) is 0. The molecule has 0 unspecified atom stereocenters. The Morgan fingerprint density at radius 2 is 1.90 bits per heavy atom. The van der Waals surface area contributed by atoms with Crippen LogP contribution in [0.3, 0.4) is 0 Å². The third-order valence-electron chi connectivity index (χ3n) is 4.39. The largest absolute Gasteiger partial charge is 0.504 e. The first-order valence-electron chi connectivity index (χ1n) is 8.45. The van der Waals surface area contributed by atoms with Gasteiger partial charge < -0.3 is 25.0 Å². The van der Waals surface area contributed by atoms with Crippen LogP contribution in [0, 0.1) is 0 Å². The Morgan fingerprint density at radius 1 is 1.17 bits per heavy atom. The van der Waals surface area contributed by atoms with E-state index in [4.69, 9.17) is 15.0 Å². The lowest BCUT2D eigenvalue weighted by molar-refractivity contribution is 0.0945.